The molecule has 1 aliphatic rings. The van der Waals surface area contributed by atoms with Crippen molar-refractivity contribution in [2.75, 3.05) is 6.54 Å². The number of rotatable bonds is 3. The maximum atomic E-state index is 11.9. The predicted molar refractivity (Wildman–Crippen MR) is 69.4 cm³/mol. The normalized spacial score (nSPS) is 20.8. The smallest absolute Gasteiger partial charge is 0.226 e. The number of hydrogen-bond acceptors (Lipinski definition) is 1. The van der Waals surface area contributed by atoms with Crippen molar-refractivity contribution in [1.82, 2.24) is 4.90 Å². The molecule has 0 bridgehead atoms. The van der Waals surface area contributed by atoms with Crippen molar-refractivity contribution >= 4 is 5.91 Å². The first-order valence-electron chi connectivity index (χ1n) is 6.20. The van der Waals surface area contributed by atoms with Crippen LogP contribution in [0.5, 0.6) is 0 Å². The van der Waals surface area contributed by atoms with Gasteiger partial charge >= 0.3 is 0 Å². The molecule has 1 fully saturated rings. The number of nitrogens with zero attached hydrogens (tertiary/aromatic N) is 1. The van der Waals surface area contributed by atoms with Gasteiger partial charge in [0.15, 0.2) is 0 Å². The number of likely N-dealkylation sites (tertiary alicyclic amines) is 1. The third kappa shape index (κ3) is 2.76. The van der Waals surface area contributed by atoms with Gasteiger partial charge in [-0.15, -0.1) is 0 Å². The molecule has 1 aromatic rings. The van der Waals surface area contributed by atoms with Crippen LogP contribution in [-0.2, 0) is 11.3 Å². The first kappa shape index (κ1) is 11.9. The van der Waals surface area contributed by atoms with Gasteiger partial charge in [-0.05, 0) is 17.9 Å². The van der Waals surface area contributed by atoms with Crippen LogP contribution in [0.25, 0.3) is 0 Å². The van der Waals surface area contributed by atoms with Crippen LogP contribution in [0, 0.1) is 5.92 Å². The number of benzene rings is 1. The molecular formula is C15H19NO. The first-order chi connectivity index (χ1) is 8.20. The van der Waals surface area contributed by atoms with Crippen molar-refractivity contribution in [3.8, 4) is 0 Å². The Hall–Kier alpha value is -1.57. The lowest BCUT2D eigenvalue weighted by molar-refractivity contribution is -0.133. The van der Waals surface area contributed by atoms with Crippen LogP contribution < -0.4 is 0 Å². The largest absolute Gasteiger partial charge is 0.337 e. The Labute approximate surface area is 103 Å². The number of hydrogen-bond donors (Lipinski definition) is 0. The van der Waals surface area contributed by atoms with E-state index in [-0.39, 0.29) is 5.91 Å². The second-order valence-electron chi connectivity index (χ2n) is 4.70. The second-order valence-corrected chi connectivity index (χ2v) is 4.70. The number of carbonyl (C=O) groups excluding carboxylic acids is 1. The van der Waals surface area contributed by atoms with Crippen molar-refractivity contribution in [3.05, 3.63) is 48.0 Å². The van der Waals surface area contributed by atoms with Crippen LogP contribution in [0.15, 0.2) is 42.5 Å². The van der Waals surface area contributed by atoms with Crippen LogP contribution in [0.2, 0.25) is 0 Å². The standard InChI is InChI=1S/C15H19NO/c1-3-14-11-16(15(17)9-12(14)2)10-13-7-5-4-6-8-13/h4-8,14H,2-3,9-11H2,1H3. The molecule has 2 nitrogen and oxygen atoms in total. The van der Waals surface area contributed by atoms with Gasteiger partial charge < -0.3 is 4.90 Å². The zero-order valence-corrected chi connectivity index (χ0v) is 10.4. The molecule has 17 heavy (non-hydrogen) atoms. The molecule has 1 aromatic carbocycles. The molecule has 1 saturated heterocycles. The van der Waals surface area contributed by atoms with E-state index in [1.165, 1.54) is 5.56 Å². The Morgan fingerprint density at radius 2 is 2.06 bits per heavy atom. The molecule has 1 atom stereocenters. The molecule has 2 rings (SSSR count). The number of amides is 1. The summed E-state index contributed by atoms with van der Waals surface area (Å²) in [4.78, 5) is 13.9. The van der Waals surface area contributed by atoms with E-state index in [9.17, 15) is 4.79 Å². The lowest BCUT2D eigenvalue weighted by Crippen LogP contribution is -2.40. The Balaban J connectivity index is 2.05. The molecule has 0 spiro atoms. The Morgan fingerprint density at radius 3 is 2.71 bits per heavy atom. The van der Waals surface area contributed by atoms with E-state index in [1.54, 1.807) is 0 Å². The van der Waals surface area contributed by atoms with Crippen molar-refractivity contribution in [3.63, 3.8) is 0 Å². The molecule has 1 amide bonds. The molecule has 90 valence electrons. The summed E-state index contributed by atoms with van der Waals surface area (Å²) in [5.41, 5.74) is 2.30. The predicted octanol–water partition coefficient (Wildman–Crippen LogP) is 3.00. The molecule has 0 radical (unpaired) electrons. The minimum atomic E-state index is 0.212. The van der Waals surface area contributed by atoms with Gasteiger partial charge in [0.25, 0.3) is 0 Å². The van der Waals surface area contributed by atoms with E-state index in [0.717, 1.165) is 25.1 Å². The van der Waals surface area contributed by atoms with Crippen LogP contribution >= 0.6 is 0 Å². The highest BCUT2D eigenvalue weighted by molar-refractivity contribution is 5.80. The van der Waals surface area contributed by atoms with Crippen molar-refractivity contribution in [2.24, 2.45) is 5.92 Å². The Bertz CT molecular complexity index is 410. The third-order valence-electron chi connectivity index (χ3n) is 3.46. The average Bonchev–Trinajstić information content (AvgIpc) is 2.34. The van der Waals surface area contributed by atoms with E-state index in [2.05, 4.69) is 25.6 Å². The van der Waals surface area contributed by atoms with Crippen molar-refractivity contribution < 1.29 is 4.79 Å². The molecule has 0 aliphatic carbocycles. The summed E-state index contributed by atoms with van der Waals surface area (Å²) in [6, 6.07) is 10.2. The molecular weight excluding hydrogens is 210 g/mol. The van der Waals surface area contributed by atoms with Gasteiger partial charge in [-0.3, -0.25) is 4.79 Å². The number of piperidine rings is 1. The Kier molecular flexibility index (Phi) is 3.62. The maximum absolute atomic E-state index is 11.9. The van der Waals surface area contributed by atoms with E-state index >= 15 is 0 Å². The van der Waals surface area contributed by atoms with Crippen molar-refractivity contribution in [2.45, 2.75) is 26.3 Å². The highest BCUT2D eigenvalue weighted by Gasteiger charge is 2.27. The van der Waals surface area contributed by atoms with Crippen molar-refractivity contribution in [1.29, 1.82) is 0 Å². The first-order valence-corrected chi connectivity index (χ1v) is 6.20. The van der Waals surface area contributed by atoms with Gasteiger partial charge in [-0.25, -0.2) is 0 Å². The van der Waals surface area contributed by atoms with Crippen LogP contribution in [0.3, 0.4) is 0 Å². The number of carbonyl (C=O) groups is 1. The molecule has 1 aliphatic heterocycles. The fourth-order valence-corrected chi connectivity index (χ4v) is 2.32. The van der Waals surface area contributed by atoms with E-state index in [0.29, 0.717) is 12.3 Å². The highest BCUT2D eigenvalue weighted by Crippen LogP contribution is 2.25. The monoisotopic (exact) mass is 229 g/mol. The van der Waals surface area contributed by atoms with Gasteiger partial charge in [0.2, 0.25) is 5.91 Å². The van der Waals surface area contributed by atoms with Crippen LogP contribution in [0.4, 0.5) is 0 Å². The van der Waals surface area contributed by atoms with E-state index in [1.807, 2.05) is 23.1 Å². The molecule has 0 N–H and O–H groups in total. The fraction of sp³-hybridized carbons (Fsp3) is 0.400. The van der Waals surface area contributed by atoms with Gasteiger partial charge in [-0.1, -0.05) is 49.4 Å². The third-order valence-corrected chi connectivity index (χ3v) is 3.46. The lowest BCUT2D eigenvalue weighted by atomic mass is 9.90. The summed E-state index contributed by atoms with van der Waals surface area (Å²) < 4.78 is 0. The summed E-state index contributed by atoms with van der Waals surface area (Å²) in [6.45, 7) is 7.72. The molecule has 0 aromatic heterocycles. The summed E-state index contributed by atoms with van der Waals surface area (Å²) in [6.07, 6.45) is 1.59. The van der Waals surface area contributed by atoms with Crippen LogP contribution in [-0.4, -0.2) is 17.4 Å². The molecule has 1 unspecified atom stereocenters. The second kappa shape index (κ2) is 5.17. The van der Waals surface area contributed by atoms with Gasteiger partial charge in [0.1, 0.15) is 0 Å². The highest BCUT2D eigenvalue weighted by atomic mass is 16.2. The van der Waals surface area contributed by atoms with Crippen LogP contribution in [0.1, 0.15) is 25.3 Å². The zero-order chi connectivity index (χ0) is 12.3. The fourth-order valence-electron chi connectivity index (χ4n) is 2.32. The van der Waals surface area contributed by atoms with Gasteiger partial charge in [0, 0.05) is 19.5 Å². The summed E-state index contributed by atoms with van der Waals surface area (Å²) in [7, 11) is 0. The van der Waals surface area contributed by atoms with E-state index in [4.69, 9.17) is 0 Å². The molecule has 0 saturated carbocycles. The summed E-state index contributed by atoms with van der Waals surface area (Å²) in [5, 5.41) is 0. The summed E-state index contributed by atoms with van der Waals surface area (Å²) in [5.74, 6) is 0.681. The lowest BCUT2D eigenvalue weighted by Gasteiger charge is -2.33. The average molecular weight is 229 g/mol. The maximum Gasteiger partial charge on any atom is 0.226 e. The quantitative estimate of drug-likeness (QED) is 0.730. The minimum Gasteiger partial charge on any atom is -0.337 e. The summed E-state index contributed by atoms with van der Waals surface area (Å²) >= 11 is 0. The van der Waals surface area contributed by atoms with Gasteiger partial charge in [0.05, 0.1) is 0 Å². The topological polar surface area (TPSA) is 20.3 Å². The van der Waals surface area contributed by atoms with E-state index < -0.39 is 0 Å². The molecule has 2 heteroatoms. The molecule has 1 heterocycles. The SMILES string of the molecule is C=C1CC(=O)N(Cc2ccccc2)CC1CC. The zero-order valence-electron chi connectivity index (χ0n) is 10.4. The van der Waals surface area contributed by atoms with Gasteiger partial charge in [-0.2, -0.15) is 0 Å². The minimum absolute atomic E-state index is 0.212. The Morgan fingerprint density at radius 1 is 1.35 bits per heavy atom.